The molecule has 2 heteroatoms. The van der Waals surface area contributed by atoms with Crippen molar-refractivity contribution in [1.29, 1.82) is 0 Å². The Kier molecular flexibility index (Phi) is 3.61. The van der Waals surface area contributed by atoms with Gasteiger partial charge in [0.25, 0.3) is 0 Å². The summed E-state index contributed by atoms with van der Waals surface area (Å²) < 4.78 is 2.20. The van der Waals surface area contributed by atoms with Crippen LogP contribution in [0.3, 0.4) is 0 Å². The predicted octanol–water partition coefficient (Wildman–Crippen LogP) is 1.87. The monoisotopic (exact) mass is 164 g/mol. The molecule has 0 aromatic carbocycles. The molecule has 0 atom stereocenters. The Morgan fingerprint density at radius 1 is 1.58 bits per heavy atom. The van der Waals surface area contributed by atoms with Crippen LogP contribution in [0.5, 0.6) is 0 Å². The molecule has 12 heavy (non-hydrogen) atoms. The Hall–Kier alpha value is -1.02. The lowest BCUT2D eigenvalue weighted by Gasteiger charge is -2.00. The molecule has 0 fully saturated rings. The van der Waals surface area contributed by atoms with Crippen molar-refractivity contribution in [2.75, 3.05) is 6.54 Å². The van der Waals surface area contributed by atoms with Crippen LogP contribution in [-0.4, -0.2) is 11.1 Å². The van der Waals surface area contributed by atoms with Crippen molar-refractivity contribution >= 4 is 6.08 Å². The highest BCUT2D eigenvalue weighted by atomic mass is 14.9. The van der Waals surface area contributed by atoms with Gasteiger partial charge in [-0.3, -0.25) is 0 Å². The molecule has 0 unspecified atom stereocenters. The summed E-state index contributed by atoms with van der Waals surface area (Å²) in [5, 5.41) is 0. The minimum Gasteiger partial charge on any atom is -0.348 e. The smallest absolute Gasteiger partial charge is 0.0403 e. The second-order valence-electron chi connectivity index (χ2n) is 2.70. The van der Waals surface area contributed by atoms with Crippen molar-refractivity contribution in [3.8, 4) is 0 Å². The second-order valence-corrected chi connectivity index (χ2v) is 2.70. The van der Waals surface area contributed by atoms with Crippen LogP contribution in [0.25, 0.3) is 6.08 Å². The number of nitrogens with two attached hydrogens (primary N) is 1. The molecule has 0 saturated carbocycles. The molecular formula is C10H16N2. The summed E-state index contributed by atoms with van der Waals surface area (Å²) in [6, 6.07) is 4.17. The molecule has 1 heterocycles. The van der Waals surface area contributed by atoms with E-state index in [0.29, 0.717) is 0 Å². The van der Waals surface area contributed by atoms with Crippen molar-refractivity contribution < 1.29 is 0 Å². The van der Waals surface area contributed by atoms with Crippen molar-refractivity contribution in [3.05, 3.63) is 30.1 Å². The van der Waals surface area contributed by atoms with E-state index < -0.39 is 0 Å². The van der Waals surface area contributed by atoms with Crippen LogP contribution in [0.4, 0.5) is 0 Å². The molecule has 0 aliphatic carbocycles. The molecule has 2 nitrogen and oxygen atoms in total. The molecule has 0 saturated heterocycles. The molecule has 0 radical (unpaired) electrons. The second kappa shape index (κ2) is 4.78. The average molecular weight is 164 g/mol. The number of aryl methyl sites for hydroxylation is 1. The first-order valence-electron chi connectivity index (χ1n) is 4.40. The minimum absolute atomic E-state index is 0.726. The highest BCUT2D eigenvalue weighted by Gasteiger charge is 1.91. The van der Waals surface area contributed by atoms with E-state index in [4.69, 9.17) is 5.73 Å². The number of nitrogens with zero attached hydrogens (tertiary/aromatic N) is 1. The van der Waals surface area contributed by atoms with Gasteiger partial charge in [-0.1, -0.05) is 6.08 Å². The molecule has 0 bridgehead atoms. The van der Waals surface area contributed by atoms with Gasteiger partial charge in [-0.2, -0.15) is 0 Å². The Morgan fingerprint density at radius 2 is 2.42 bits per heavy atom. The normalized spacial score (nSPS) is 11.2. The van der Waals surface area contributed by atoms with E-state index in [2.05, 4.69) is 42.0 Å². The summed E-state index contributed by atoms with van der Waals surface area (Å²) in [7, 11) is 0. The first-order chi connectivity index (χ1) is 5.88. The van der Waals surface area contributed by atoms with Crippen LogP contribution < -0.4 is 5.73 Å². The fourth-order valence-electron chi connectivity index (χ4n) is 1.17. The number of aromatic nitrogens is 1. The van der Waals surface area contributed by atoms with Crippen LogP contribution in [0.1, 0.15) is 19.0 Å². The summed E-state index contributed by atoms with van der Waals surface area (Å²) in [6.07, 6.45) is 7.27. The average Bonchev–Trinajstić information content (AvgIpc) is 2.52. The van der Waals surface area contributed by atoms with Crippen molar-refractivity contribution in [2.45, 2.75) is 19.9 Å². The summed E-state index contributed by atoms with van der Waals surface area (Å²) in [6.45, 7) is 3.89. The summed E-state index contributed by atoms with van der Waals surface area (Å²) >= 11 is 0. The minimum atomic E-state index is 0.726. The van der Waals surface area contributed by atoms with Crippen LogP contribution in [0.2, 0.25) is 0 Å². The van der Waals surface area contributed by atoms with E-state index in [1.807, 2.05) is 0 Å². The van der Waals surface area contributed by atoms with E-state index in [1.54, 1.807) is 0 Å². The lowest BCUT2D eigenvalue weighted by molar-refractivity contribution is 0.761. The van der Waals surface area contributed by atoms with Gasteiger partial charge >= 0.3 is 0 Å². The van der Waals surface area contributed by atoms with Crippen molar-refractivity contribution in [1.82, 2.24) is 4.57 Å². The quantitative estimate of drug-likeness (QED) is 0.723. The third-order valence-corrected chi connectivity index (χ3v) is 1.83. The first-order valence-corrected chi connectivity index (χ1v) is 4.40. The van der Waals surface area contributed by atoms with Gasteiger partial charge in [0.05, 0.1) is 0 Å². The number of hydrogen-bond acceptors (Lipinski definition) is 1. The summed E-state index contributed by atoms with van der Waals surface area (Å²) in [5.41, 5.74) is 6.64. The Morgan fingerprint density at radius 3 is 3.08 bits per heavy atom. The van der Waals surface area contributed by atoms with E-state index >= 15 is 0 Å². The van der Waals surface area contributed by atoms with Gasteiger partial charge < -0.3 is 10.3 Å². The third-order valence-electron chi connectivity index (χ3n) is 1.83. The van der Waals surface area contributed by atoms with Gasteiger partial charge in [-0.05, 0) is 38.1 Å². The molecule has 1 aromatic heterocycles. The molecule has 1 aromatic rings. The molecule has 1 rings (SSSR count). The summed E-state index contributed by atoms with van der Waals surface area (Å²) in [5.74, 6) is 0. The third kappa shape index (κ3) is 2.24. The number of hydrogen-bond donors (Lipinski definition) is 1. The van der Waals surface area contributed by atoms with E-state index in [-0.39, 0.29) is 0 Å². The standard InChI is InChI=1S/C10H16N2/c1-2-12-9-5-7-10(12)6-3-4-8-11/h3,5-7,9H,2,4,8,11H2,1H3. The lowest BCUT2D eigenvalue weighted by atomic mass is 10.3. The van der Waals surface area contributed by atoms with Gasteiger partial charge in [0.15, 0.2) is 0 Å². The molecule has 0 aliphatic heterocycles. The van der Waals surface area contributed by atoms with Gasteiger partial charge in [0.2, 0.25) is 0 Å². The highest BCUT2D eigenvalue weighted by molar-refractivity contribution is 5.45. The molecule has 2 N–H and O–H groups in total. The first kappa shape index (κ1) is 9.07. The zero-order chi connectivity index (χ0) is 8.81. The predicted molar refractivity (Wildman–Crippen MR) is 52.8 cm³/mol. The fraction of sp³-hybridized carbons (Fsp3) is 0.400. The van der Waals surface area contributed by atoms with Gasteiger partial charge in [-0.25, -0.2) is 0 Å². The maximum atomic E-state index is 5.38. The van der Waals surface area contributed by atoms with Gasteiger partial charge in [0, 0.05) is 18.4 Å². The van der Waals surface area contributed by atoms with Gasteiger partial charge in [-0.15, -0.1) is 0 Å². The van der Waals surface area contributed by atoms with Crippen LogP contribution in [-0.2, 0) is 6.54 Å². The van der Waals surface area contributed by atoms with E-state index in [9.17, 15) is 0 Å². The Labute approximate surface area is 73.7 Å². The van der Waals surface area contributed by atoms with Crippen molar-refractivity contribution in [2.24, 2.45) is 5.73 Å². The molecule has 0 amide bonds. The van der Waals surface area contributed by atoms with Crippen LogP contribution in [0, 0.1) is 0 Å². The molecule has 66 valence electrons. The molecule has 0 spiro atoms. The SMILES string of the molecule is CCn1cccc1C=CCCN. The van der Waals surface area contributed by atoms with Crippen LogP contribution in [0.15, 0.2) is 24.4 Å². The Bertz CT molecular complexity index is 248. The van der Waals surface area contributed by atoms with Crippen LogP contribution >= 0.6 is 0 Å². The van der Waals surface area contributed by atoms with E-state index in [0.717, 1.165) is 19.5 Å². The highest BCUT2D eigenvalue weighted by Crippen LogP contribution is 2.04. The Balaban J connectivity index is 2.61. The fourth-order valence-corrected chi connectivity index (χ4v) is 1.17. The molecular weight excluding hydrogens is 148 g/mol. The zero-order valence-electron chi connectivity index (χ0n) is 7.53. The lowest BCUT2D eigenvalue weighted by Crippen LogP contribution is -1.96. The summed E-state index contributed by atoms with van der Waals surface area (Å²) in [4.78, 5) is 0. The topological polar surface area (TPSA) is 30.9 Å². The van der Waals surface area contributed by atoms with Crippen molar-refractivity contribution in [3.63, 3.8) is 0 Å². The zero-order valence-corrected chi connectivity index (χ0v) is 7.53. The maximum Gasteiger partial charge on any atom is 0.0403 e. The molecule has 0 aliphatic rings. The maximum absolute atomic E-state index is 5.38. The van der Waals surface area contributed by atoms with E-state index in [1.165, 1.54) is 5.69 Å². The largest absolute Gasteiger partial charge is 0.348 e. The van der Waals surface area contributed by atoms with Gasteiger partial charge in [0.1, 0.15) is 0 Å². The number of rotatable bonds is 4.